The first-order valence-corrected chi connectivity index (χ1v) is 13.6. The highest BCUT2D eigenvalue weighted by Gasteiger charge is 2.25. The molecule has 4 rings (SSSR count). The van der Waals surface area contributed by atoms with Gasteiger partial charge in [-0.05, 0) is 72.0 Å². The third kappa shape index (κ3) is 7.43. The molecule has 0 aliphatic carbocycles. The van der Waals surface area contributed by atoms with Gasteiger partial charge in [-0.1, -0.05) is 99.1 Å². The summed E-state index contributed by atoms with van der Waals surface area (Å²) >= 11 is 6.13. The van der Waals surface area contributed by atoms with Gasteiger partial charge in [0.15, 0.2) is 0 Å². The fraction of sp³-hybridized carbons (Fsp3) is 0.438. The van der Waals surface area contributed by atoms with Gasteiger partial charge in [0, 0.05) is 18.1 Å². The first-order valence-electron chi connectivity index (χ1n) is 13.3. The topological polar surface area (TPSA) is 32.7 Å². The van der Waals surface area contributed by atoms with Gasteiger partial charge in [-0.2, -0.15) is 0 Å². The van der Waals surface area contributed by atoms with Gasteiger partial charge in [0.05, 0.1) is 12.2 Å². The van der Waals surface area contributed by atoms with Crippen molar-refractivity contribution in [3.63, 3.8) is 0 Å². The second-order valence-corrected chi connectivity index (χ2v) is 11.5. The Bertz CT molecular complexity index is 1050. The van der Waals surface area contributed by atoms with Gasteiger partial charge in [-0.15, -0.1) is 0 Å². The first-order chi connectivity index (χ1) is 17.3. The molecule has 1 aliphatic heterocycles. The summed E-state index contributed by atoms with van der Waals surface area (Å²) < 4.78 is 6.68. The molecule has 0 amide bonds. The van der Waals surface area contributed by atoms with Crippen LogP contribution in [0.4, 0.5) is 0 Å². The van der Waals surface area contributed by atoms with E-state index in [1.54, 1.807) is 0 Å². The SMILES string of the molecule is CC(C)(C)c1ccc(C(O)CCCN2CCC(OC(c3ccccc3)c3ccc(Cl)cc3)CC2)cc1. The summed E-state index contributed by atoms with van der Waals surface area (Å²) in [4.78, 5) is 2.51. The molecule has 1 saturated heterocycles. The minimum Gasteiger partial charge on any atom is -0.388 e. The first kappa shape index (κ1) is 26.9. The quantitative estimate of drug-likeness (QED) is 0.323. The van der Waals surface area contributed by atoms with Crippen LogP contribution in [0.25, 0.3) is 0 Å². The number of nitrogens with zero attached hydrogens (tertiary/aromatic N) is 1. The summed E-state index contributed by atoms with van der Waals surface area (Å²) in [5.74, 6) is 0. The third-order valence-corrected chi connectivity index (χ3v) is 7.50. The van der Waals surface area contributed by atoms with Gasteiger partial charge < -0.3 is 14.7 Å². The molecule has 0 spiro atoms. The number of aliphatic hydroxyl groups is 1. The van der Waals surface area contributed by atoms with E-state index in [1.807, 2.05) is 18.2 Å². The van der Waals surface area contributed by atoms with E-state index in [9.17, 15) is 5.11 Å². The summed E-state index contributed by atoms with van der Waals surface area (Å²) in [5, 5.41) is 11.4. The van der Waals surface area contributed by atoms with Crippen LogP contribution < -0.4 is 0 Å². The monoisotopic (exact) mass is 505 g/mol. The molecular weight excluding hydrogens is 466 g/mol. The second-order valence-electron chi connectivity index (χ2n) is 11.0. The number of benzene rings is 3. The summed E-state index contributed by atoms with van der Waals surface area (Å²) in [6.07, 6.45) is 3.57. The average Bonchev–Trinajstić information content (AvgIpc) is 2.89. The molecule has 2 unspecified atom stereocenters. The second kappa shape index (κ2) is 12.4. The van der Waals surface area contributed by atoms with Gasteiger partial charge in [0.25, 0.3) is 0 Å². The van der Waals surface area contributed by atoms with Crippen LogP contribution in [0.5, 0.6) is 0 Å². The number of rotatable bonds is 9. The molecular formula is C32H40ClNO2. The molecule has 0 aromatic heterocycles. The van der Waals surface area contributed by atoms with Crippen LogP contribution in [-0.4, -0.2) is 35.7 Å². The van der Waals surface area contributed by atoms with E-state index in [0.717, 1.165) is 61.5 Å². The Labute approximate surface area is 222 Å². The van der Waals surface area contributed by atoms with Gasteiger partial charge in [-0.25, -0.2) is 0 Å². The highest BCUT2D eigenvalue weighted by Crippen LogP contribution is 2.31. The molecule has 192 valence electrons. The Morgan fingerprint density at radius 2 is 1.44 bits per heavy atom. The molecule has 4 heteroatoms. The van der Waals surface area contributed by atoms with E-state index in [-0.39, 0.29) is 17.6 Å². The third-order valence-electron chi connectivity index (χ3n) is 7.25. The molecule has 36 heavy (non-hydrogen) atoms. The predicted molar refractivity (Wildman–Crippen MR) is 150 cm³/mol. The van der Waals surface area contributed by atoms with E-state index in [1.165, 1.54) is 11.1 Å². The van der Waals surface area contributed by atoms with Crippen molar-refractivity contribution in [1.29, 1.82) is 0 Å². The van der Waals surface area contributed by atoms with Crippen molar-refractivity contribution in [2.45, 2.75) is 70.2 Å². The maximum atomic E-state index is 10.7. The van der Waals surface area contributed by atoms with Crippen LogP contribution in [0, 0.1) is 0 Å². The minimum atomic E-state index is -0.397. The fourth-order valence-corrected chi connectivity index (χ4v) is 5.08. The standard InChI is InChI=1S/C32H40ClNO2/c1-32(2,3)27-15-11-24(12-16-27)30(35)10-7-21-34-22-19-29(20-23-34)36-31(25-8-5-4-6-9-25)26-13-17-28(33)18-14-26/h4-6,8-9,11-18,29-31,35H,7,10,19-23H2,1-3H3. The minimum absolute atomic E-state index is 0.0835. The zero-order chi connectivity index (χ0) is 25.5. The molecule has 3 nitrogen and oxygen atoms in total. The predicted octanol–water partition coefficient (Wildman–Crippen LogP) is 7.72. The Kier molecular flexibility index (Phi) is 9.25. The smallest absolute Gasteiger partial charge is 0.108 e. The van der Waals surface area contributed by atoms with Crippen molar-refractivity contribution in [3.05, 3.63) is 106 Å². The highest BCUT2D eigenvalue weighted by molar-refractivity contribution is 6.30. The Morgan fingerprint density at radius 1 is 0.861 bits per heavy atom. The molecule has 1 heterocycles. The van der Waals surface area contributed by atoms with E-state index in [4.69, 9.17) is 16.3 Å². The van der Waals surface area contributed by atoms with Crippen molar-refractivity contribution in [2.75, 3.05) is 19.6 Å². The van der Waals surface area contributed by atoms with Crippen molar-refractivity contribution >= 4 is 11.6 Å². The number of likely N-dealkylation sites (tertiary alicyclic amines) is 1. The van der Waals surface area contributed by atoms with Crippen molar-refractivity contribution in [1.82, 2.24) is 4.90 Å². The van der Waals surface area contributed by atoms with Crippen LogP contribution in [0.3, 0.4) is 0 Å². The van der Waals surface area contributed by atoms with Crippen LogP contribution in [-0.2, 0) is 10.2 Å². The molecule has 0 radical (unpaired) electrons. The summed E-state index contributed by atoms with van der Waals surface area (Å²) in [7, 11) is 0. The van der Waals surface area contributed by atoms with Crippen molar-refractivity contribution in [3.8, 4) is 0 Å². The molecule has 2 atom stereocenters. The summed E-state index contributed by atoms with van der Waals surface area (Å²) in [6.45, 7) is 9.72. The highest BCUT2D eigenvalue weighted by atomic mass is 35.5. The zero-order valence-corrected chi connectivity index (χ0v) is 22.6. The van der Waals surface area contributed by atoms with Crippen molar-refractivity contribution in [2.24, 2.45) is 0 Å². The maximum absolute atomic E-state index is 10.7. The van der Waals surface area contributed by atoms with Crippen LogP contribution in [0.15, 0.2) is 78.9 Å². The largest absolute Gasteiger partial charge is 0.388 e. The molecule has 1 aliphatic rings. The van der Waals surface area contributed by atoms with E-state index in [0.29, 0.717) is 0 Å². The molecule has 0 saturated carbocycles. The van der Waals surface area contributed by atoms with Gasteiger partial charge >= 0.3 is 0 Å². The fourth-order valence-electron chi connectivity index (χ4n) is 4.96. The lowest BCUT2D eigenvalue weighted by Gasteiger charge is -2.34. The lowest BCUT2D eigenvalue weighted by molar-refractivity contribution is -0.0274. The normalized spacial score (nSPS) is 17.1. The molecule has 1 fully saturated rings. The van der Waals surface area contributed by atoms with E-state index < -0.39 is 6.10 Å². The number of halogens is 1. The Morgan fingerprint density at radius 3 is 2.06 bits per heavy atom. The van der Waals surface area contributed by atoms with Gasteiger partial charge in [0.1, 0.15) is 6.10 Å². The lowest BCUT2D eigenvalue weighted by Crippen LogP contribution is -2.38. The van der Waals surface area contributed by atoms with E-state index >= 15 is 0 Å². The lowest BCUT2D eigenvalue weighted by atomic mass is 9.86. The Hall–Kier alpha value is -2.17. The summed E-state index contributed by atoms with van der Waals surface area (Å²) in [5.41, 5.74) is 4.76. The van der Waals surface area contributed by atoms with E-state index in [2.05, 4.69) is 86.3 Å². The molecule has 3 aromatic carbocycles. The van der Waals surface area contributed by atoms with Gasteiger partial charge in [0.2, 0.25) is 0 Å². The molecule has 0 bridgehead atoms. The number of hydrogen-bond donors (Lipinski definition) is 1. The number of ether oxygens (including phenoxy) is 1. The molecule has 1 N–H and O–H groups in total. The van der Waals surface area contributed by atoms with Gasteiger partial charge in [-0.3, -0.25) is 0 Å². The average molecular weight is 506 g/mol. The van der Waals surface area contributed by atoms with Crippen molar-refractivity contribution < 1.29 is 9.84 Å². The molecule has 3 aromatic rings. The maximum Gasteiger partial charge on any atom is 0.108 e. The number of aliphatic hydroxyl groups excluding tert-OH is 1. The zero-order valence-electron chi connectivity index (χ0n) is 21.9. The van der Waals surface area contributed by atoms with Crippen LogP contribution >= 0.6 is 11.6 Å². The van der Waals surface area contributed by atoms with Crippen LogP contribution in [0.1, 0.15) is 80.9 Å². The van der Waals surface area contributed by atoms with Crippen LogP contribution in [0.2, 0.25) is 5.02 Å². The number of piperidine rings is 1. The summed E-state index contributed by atoms with van der Waals surface area (Å²) in [6, 6.07) is 26.9. The number of hydrogen-bond acceptors (Lipinski definition) is 3. The Balaban J connectivity index is 1.25.